The molecule has 72 heavy (non-hydrogen) atoms. The molecule has 4 rings (SSSR count). The van der Waals surface area contributed by atoms with E-state index < -0.39 is 138 Å². The molecule has 0 aliphatic carbocycles. The summed E-state index contributed by atoms with van der Waals surface area (Å²) in [5, 5.41) is 0. The van der Waals surface area contributed by atoms with Gasteiger partial charge in [0.1, 0.15) is 25.9 Å². The highest BCUT2D eigenvalue weighted by atomic mass is 19.4. The van der Waals surface area contributed by atoms with Crippen LogP contribution in [0.5, 0.6) is 0 Å². The van der Waals surface area contributed by atoms with Gasteiger partial charge in [-0.15, -0.1) is 0 Å². The van der Waals surface area contributed by atoms with Gasteiger partial charge in [0, 0.05) is 57.1 Å². The molecular formula is C47H44F12O13. The molecule has 25 heteroatoms. The fourth-order valence-electron chi connectivity index (χ4n) is 7.33. The van der Waals surface area contributed by atoms with Crippen LogP contribution in [-0.4, -0.2) is 116 Å². The summed E-state index contributed by atoms with van der Waals surface area (Å²) in [5.74, 6) is -8.87. The van der Waals surface area contributed by atoms with Crippen LogP contribution in [0.4, 0.5) is 52.7 Å². The van der Waals surface area contributed by atoms with Crippen molar-refractivity contribution in [1.29, 1.82) is 0 Å². The van der Waals surface area contributed by atoms with E-state index in [9.17, 15) is 71.9 Å². The summed E-state index contributed by atoms with van der Waals surface area (Å²) in [6.07, 6.45) is -27.9. The zero-order valence-corrected chi connectivity index (χ0v) is 38.1. The van der Waals surface area contributed by atoms with E-state index in [-0.39, 0.29) is 0 Å². The first-order chi connectivity index (χ1) is 33.7. The first kappa shape index (κ1) is 58.3. The van der Waals surface area contributed by atoms with Crippen molar-refractivity contribution >= 4 is 23.9 Å². The zero-order chi connectivity index (χ0) is 53.8. The average molecular weight is 1040 g/mol. The van der Waals surface area contributed by atoms with Crippen LogP contribution >= 0.6 is 0 Å². The van der Waals surface area contributed by atoms with Gasteiger partial charge in [-0.25, -0.2) is 19.2 Å². The van der Waals surface area contributed by atoms with Gasteiger partial charge in [-0.2, -0.15) is 52.7 Å². The molecular weight excluding hydrogens is 1000 g/mol. The number of methoxy groups -OCH3 is 4. The Labute approximate surface area is 402 Å². The summed E-state index contributed by atoms with van der Waals surface area (Å²) in [6.45, 7) is -5.85. The van der Waals surface area contributed by atoms with Crippen molar-refractivity contribution in [3.63, 3.8) is 0 Å². The van der Waals surface area contributed by atoms with Crippen LogP contribution in [0, 0.1) is 0 Å². The number of carbonyl (C=O) groups is 4. The Morgan fingerprint density at radius 3 is 0.806 bits per heavy atom. The maximum Gasteiger partial charge on any atom is 0.432 e. The molecule has 13 nitrogen and oxygen atoms in total. The summed E-state index contributed by atoms with van der Waals surface area (Å²) in [5.41, 5.74) is -18.9. The molecule has 4 aromatic carbocycles. The number of carbonyl (C=O) groups excluding carboxylic acids is 4. The number of alkyl halides is 12. The maximum absolute atomic E-state index is 14.8. The molecule has 0 bridgehead atoms. The smallest absolute Gasteiger partial charge is 0.432 e. The first-order valence-electron chi connectivity index (χ1n) is 20.8. The summed E-state index contributed by atoms with van der Waals surface area (Å²) >= 11 is 0. The van der Waals surface area contributed by atoms with E-state index in [1.54, 1.807) is 0 Å². The summed E-state index contributed by atoms with van der Waals surface area (Å²) in [7, 11) is 1.94. The van der Waals surface area contributed by atoms with E-state index in [2.05, 4.69) is 18.9 Å². The maximum atomic E-state index is 14.8. The molecule has 0 aromatic heterocycles. The van der Waals surface area contributed by atoms with Crippen LogP contribution in [0.1, 0.15) is 28.7 Å². The molecule has 0 amide bonds. The molecule has 0 N–H and O–H groups in total. The standard InChI is InChI=1S/C47H44F12O13/c1-64-40(44(48,49)50,30-17-9-5-10-18-30)36(60)68-26-25-34(27-69-37(61)41(65-2,45(51,52)53)31-19-11-6-12-20-31)72-35(28-70-38(62)42(66-3,46(54,55)56)32-21-13-7-14-22-32)29-71-39(63)43(67-4,47(57,58)59)33-23-15-8-16-24-33/h5-24,34-35H,25-29H2,1-4H3/t34-,40-,41-,42-,43-/m1/s1. The van der Waals surface area contributed by atoms with Gasteiger partial charge < -0.3 is 42.6 Å². The van der Waals surface area contributed by atoms with Gasteiger partial charge in [-0.05, 0) is 0 Å². The van der Waals surface area contributed by atoms with Crippen molar-refractivity contribution in [3.05, 3.63) is 144 Å². The van der Waals surface area contributed by atoms with Gasteiger partial charge in [0.25, 0.3) is 22.4 Å². The van der Waals surface area contributed by atoms with Crippen LogP contribution in [0.25, 0.3) is 0 Å². The Bertz CT molecular complexity index is 2310. The second-order valence-electron chi connectivity index (χ2n) is 15.1. The Morgan fingerprint density at radius 2 is 0.583 bits per heavy atom. The van der Waals surface area contributed by atoms with Crippen LogP contribution < -0.4 is 0 Å². The van der Waals surface area contributed by atoms with Crippen LogP contribution in [0.15, 0.2) is 121 Å². The fraction of sp³-hybridized carbons (Fsp3) is 0.404. The zero-order valence-electron chi connectivity index (χ0n) is 38.1. The number of esters is 4. The molecule has 0 aliphatic heterocycles. The van der Waals surface area contributed by atoms with Crippen molar-refractivity contribution in [2.45, 2.75) is 65.7 Å². The summed E-state index contributed by atoms with van der Waals surface area (Å²) in [4.78, 5) is 54.2. The fourth-order valence-corrected chi connectivity index (χ4v) is 7.33. The summed E-state index contributed by atoms with van der Waals surface area (Å²) < 4.78 is 222. The molecule has 0 fully saturated rings. The molecule has 0 aliphatic rings. The Morgan fingerprint density at radius 1 is 0.361 bits per heavy atom. The monoisotopic (exact) mass is 1040 g/mol. The quantitative estimate of drug-likeness (QED) is 0.0396. The summed E-state index contributed by atoms with van der Waals surface area (Å²) in [6, 6.07) is 20.5. The van der Waals surface area contributed by atoms with Gasteiger partial charge >= 0.3 is 48.6 Å². The van der Waals surface area contributed by atoms with E-state index >= 15 is 0 Å². The number of ether oxygens (including phenoxy) is 9. The third-order valence-electron chi connectivity index (χ3n) is 11.0. The highest BCUT2D eigenvalue weighted by molar-refractivity contribution is 5.84. The predicted octanol–water partition coefficient (Wildman–Crippen LogP) is 8.72. The lowest BCUT2D eigenvalue weighted by Gasteiger charge is -2.35. The van der Waals surface area contributed by atoms with E-state index in [1.165, 1.54) is 24.3 Å². The highest BCUT2D eigenvalue weighted by Gasteiger charge is 2.67. The lowest BCUT2D eigenvalue weighted by molar-refractivity contribution is -0.280. The Balaban J connectivity index is 1.81. The number of hydrogen-bond donors (Lipinski definition) is 0. The van der Waals surface area contributed by atoms with E-state index in [0.717, 1.165) is 97.1 Å². The van der Waals surface area contributed by atoms with E-state index in [0.29, 0.717) is 28.4 Å². The molecule has 0 radical (unpaired) electrons. The average Bonchev–Trinajstić information content (AvgIpc) is 3.32. The second kappa shape index (κ2) is 23.5. The van der Waals surface area contributed by atoms with Gasteiger partial charge in [-0.3, -0.25) is 0 Å². The predicted molar refractivity (Wildman–Crippen MR) is 222 cm³/mol. The molecule has 0 spiro atoms. The third kappa shape index (κ3) is 11.6. The molecule has 5 atom stereocenters. The largest absolute Gasteiger partial charge is 0.463 e. The Kier molecular flexibility index (Phi) is 19.0. The van der Waals surface area contributed by atoms with Gasteiger partial charge in [-0.1, -0.05) is 121 Å². The molecule has 4 aromatic rings. The third-order valence-corrected chi connectivity index (χ3v) is 11.0. The molecule has 0 saturated heterocycles. The highest BCUT2D eigenvalue weighted by Crippen LogP contribution is 2.47. The normalized spacial score (nSPS) is 16.2. The van der Waals surface area contributed by atoms with Crippen molar-refractivity contribution in [3.8, 4) is 0 Å². The van der Waals surface area contributed by atoms with Crippen molar-refractivity contribution in [2.24, 2.45) is 0 Å². The second-order valence-corrected chi connectivity index (χ2v) is 15.1. The van der Waals surface area contributed by atoms with Crippen molar-refractivity contribution in [1.82, 2.24) is 0 Å². The lowest BCUT2D eigenvalue weighted by atomic mass is 9.92. The number of hydrogen-bond acceptors (Lipinski definition) is 13. The Hall–Kier alpha value is -6.28. The first-order valence-corrected chi connectivity index (χ1v) is 20.8. The SMILES string of the molecule is CO[C@@](C(=O)OCC[C@H](COC(=O)[C@](OC)(c1ccccc1)C(F)(F)F)OC(COC(=O)[C@](OC)(c1ccccc1)C(F)(F)F)COC(=O)[C@](OC)(c1ccccc1)C(F)(F)F)(c1ccccc1)C(F)(F)F. The number of halogens is 12. The minimum absolute atomic E-state index is 0.472. The number of rotatable bonds is 23. The number of benzene rings is 4. The minimum atomic E-state index is -5.62. The van der Waals surface area contributed by atoms with Gasteiger partial charge in [0.2, 0.25) is 0 Å². The molecule has 0 heterocycles. The minimum Gasteiger partial charge on any atom is -0.463 e. The molecule has 0 unspecified atom stereocenters. The van der Waals surface area contributed by atoms with Crippen molar-refractivity contribution in [2.75, 3.05) is 54.9 Å². The molecule has 394 valence electrons. The van der Waals surface area contributed by atoms with E-state index in [1.807, 2.05) is 0 Å². The van der Waals surface area contributed by atoms with Crippen molar-refractivity contribution < 1.29 is 114 Å². The topological polar surface area (TPSA) is 151 Å². The van der Waals surface area contributed by atoms with Crippen LogP contribution in [0.3, 0.4) is 0 Å². The molecule has 0 saturated carbocycles. The lowest BCUT2D eigenvalue weighted by Crippen LogP contribution is -2.53. The van der Waals surface area contributed by atoms with Crippen LogP contribution in [0.2, 0.25) is 0 Å². The van der Waals surface area contributed by atoms with Gasteiger partial charge in [0.05, 0.1) is 12.7 Å². The van der Waals surface area contributed by atoms with E-state index in [4.69, 9.17) is 23.7 Å². The van der Waals surface area contributed by atoms with Crippen LogP contribution in [-0.2, 0) is 84.2 Å². The van der Waals surface area contributed by atoms with Gasteiger partial charge in [0.15, 0.2) is 0 Å².